The third kappa shape index (κ3) is 3.49. The molecule has 1 atom stereocenters. The van der Waals surface area contributed by atoms with Crippen molar-refractivity contribution >= 4 is 50.5 Å². The Kier molecular flexibility index (Phi) is 5.10. The first-order chi connectivity index (χ1) is 8.60. The molecule has 0 radical (unpaired) electrons. The standard InChI is InChI=1S/C13H12BrCl2NS/c1-17-13(6-10-4-8(14)7-18-10)11-3-2-9(15)5-12(11)16/h2-5,7,13,17H,6H2,1H3. The maximum absolute atomic E-state index is 6.24. The predicted octanol–water partition coefficient (Wildman–Crippen LogP) is 5.32. The van der Waals surface area contributed by atoms with E-state index in [9.17, 15) is 0 Å². The number of benzene rings is 1. The first-order valence-corrected chi connectivity index (χ1v) is 7.88. The minimum absolute atomic E-state index is 0.195. The van der Waals surface area contributed by atoms with E-state index in [0.29, 0.717) is 10.0 Å². The molecule has 0 aliphatic heterocycles. The average Bonchev–Trinajstić information content (AvgIpc) is 2.72. The van der Waals surface area contributed by atoms with Gasteiger partial charge in [-0.15, -0.1) is 11.3 Å². The molecule has 1 N–H and O–H groups in total. The lowest BCUT2D eigenvalue weighted by molar-refractivity contribution is 0.597. The zero-order chi connectivity index (χ0) is 13.1. The lowest BCUT2D eigenvalue weighted by atomic mass is 10.0. The van der Waals surface area contributed by atoms with Crippen molar-refractivity contribution < 1.29 is 0 Å². The summed E-state index contributed by atoms with van der Waals surface area (Å²) >= 11 is 17.4. The molecule has 18 heavy (non-hydrogen) atoms. The molecule has 1 aromatic carbocycles. The molecule has 0 fully saturated rings. The Hall–Kier alpha value is -0.0600. The maximum atomic E-state index is 6.24. The zero-order valence-corrected chi connectivity index (χ0v) is 13.6. The molecule has 1 heterocycles. The van der Waals surface area contributed by atoms with Crippen molar-refractivity contribution in [2.45, 2.75) is 12.5 Å². The molecule has 0 amide bonds. The molecule has 0 spiro atoms. The van der Waals surface area contributed by atoms with Crippen LogP contribution in [0.3, 0.4) is 0 Å². The normalized spacial score (nSPS) is 12.7. The monoisotopic (exact) mass is 363 g/mol. The molecule has 5 heteroatoms. The highest BCUT2D eigenvalue weighted by Gasteiger charge is 2.14. The van der Waals surface area contributed by atoms with E-state index in [1.807, 2.05) is 19.2 Å². The van der Waals surface area contributed by atoms with Crippen LogP contribution in [0.4, 0.5) is 0 Å². The van der Waals surface area contributed by atoms with Crippen molar-refractivity contribution in [1.29, 1.82) is 0 Å². The molecule has 1 aromatic heterocycles. The molecule has 96 valence electrons. The second-order valence-electron chi connectivity index (χ2n) is 3.94. The summed E-state index contributed by atoms with van der Waals surface area (Å²) in [5.74, 6) is 0. The Morgan fingerprint density at radius 3 is 2.67 bits per heavy atom. The summed E-state index contributed by atoms with van der Waals surface area (Å²) in [4.78, 5) is 1.31. The fraction of sp³-hybridized carbons (Fsp3) is 0.231. The van der Waals surface area contributed by atoms with E-state index < -0.39 is 0 Å². The fourth-order valence-electron chi connectivity index (χ4n) is 1.81. The number of hydrogen-bond donors (Lipinski definition) is 1. The van der Waals surface area contributed by atoms with Gasteiger partial charge in [-0.25, -0.2) is 0 Å². The van der Waals surface area contributed by atoms with Gasteiger partial charge in [0.1, 0.15) is 0 Å². The van der Waals surface area contributed by atoms with Crippen LogP contribution in [0.5, 0.6) is 0 Å². The van der Waals surface area contributed by atoms with Gasteiger partial charge in [-0.3, -0.25) is 0 Å². The van der Waals surface area contributed by atoms with Gasteiger partial charge in [-0.05, 0) is 46.7 Å². The molecule has 2 rings (SSSR count). The number of likely N-dealkylation sites (N-methyl/N-ethyl adjacent to an activating group) is 1. The lowest BCUT2D eigenvalue weighted by Crippen LogP contribution is -2.18. The minimum atomic E-state index is 0.195. The molecule has 1 unspecified atom stereocenters. The summed E-state index contributed by atoms with van der Waals surface area (Å²) in [6, 6.07) is 7.97. The molecule has 0 saturated carbocycles. The van der Waals surface area contributed by atoms with E-state index in [2.05, 4.69) is 32.7 Å². The number of nitrogens with one attached hydrogen (secondary N) is 1. The van der Waals surface area contributed by atoms with Crippen LogP contribution in [-0.4, -0.2) is 7.05 Å². The summed E-state index contributed by atoms with van der Waals surface area (Å²) in [7, 11) is 1.94. The average molecular weight is 365 g/mol. The molecule has 1 nitrogen and oxygen atoms in total. The summed E-state index contributed by atoms with van der Waals surface area (Å²) < 4.78 is 1.12. The Labute approximate surface area is 129 Å². The van der Waals surface area contributed by atoms with Crippen LogP contribution in [0.1, 0.15) is 16.5 Å². The SMILES string of the molecule is CNC(Cc1cc(Br)cs1)c1ccc(Cl)cc1Cl. The second-order valence-corrected chi connectivity index (χ2v) is 6.70. The van der Waals surface area contributed by atoms with Gasteiger partial charge in [0.15, 0.2) is 0 Å². The molecule has 0 aliphatic rings. The summed E-state index contributed by atoms with van der Waals surface area (Å²) in [6.07, 6.45) is 0.911. The van der Waals surface area contributed by atoms with Crippen LogP contribution in [0, 0.1) is 0 Å². The number of rotatable bonds is 4. The summed E-state index contributed by atoms with van der Waals surface area (Å²) in [6.45, 7) is 0. The van der Waals surface area contributed by atoms with E-state index in [4.69, 9.17) is 23.2 Å². The second kappa shape index (κ2) is 6.40. The van der Waals surface area contributed by atoms with Crippen LogP contribution >= 0.6 is 50.5 Å². The lowest BCUT2D eigenvalue weighted by Gasteiger charge is -2.17. The van der Waals surface area contributed by atoms with Crippen molar-refractivity contribution in [3.05, 3.63) is 54.6 Å². The van der Waals surface area contributed by atoms with Crippen molar-refractivity contribution in [1.82, 2.24) is 5.32 Å². The first-order valence-electron chi connectivity index (χ1n) is 5.45. The van der Waals surface area contributed by atoms with Gasteiger partial charge in [-0.2, -0.15) is 0 Å². The molecule has 0 saturated heterocycles. The molecule has 0 aliphatic carbocycles. The molecular weight excluding hydrogens is 353 g/mol. The van der Waals surface area contributed by atoms with Gasteiger partial charge in [0, 0.05) is 37.2 Å². The van der Waals surface area contributed by atoms with Gasteiger partial charge >= 0.3 is 0 Å². The summed E-state index contributed by atoms with van der Waals surface area (Å²) in [5.41, 5.74) is 1.08. The minimum Gasteiger partial charge on any atom is -0.313 e. The van der Waals surface area contributed by atoms with E-state index in [-0.39, 0.29) is 6.04 Å². The van der Waals surface area contributed by atoms with Gasteiger partial charge in [-0.1, -0.05) is 29.3 Å². The van der Waals surface area contributed by atoms with Gasteiger partial charge in [0.25, 0.3) is 0 Å². The predicted molar refractivity (Wildman–Crippen MR) is 84.0 cm³/mol. The van der Waals surface area contributed by atoms with Crippen LogP contribution < -0.4 is 5.32 Å². The van der Waals surface area contributed by atoms with Crippen LogP contribution in [-0.2, 0) is 6.42 Å². The highest BCUT2D eigenvalue weighted by molar-refractivity contribution is 9.10. The van der Waals surface area contributed by atoms with E-state index >= 15 is 0 Å². The number of hydrogen-bond acceptors (Lipinski definition) is 2. The Morgan fingerprint density at radius 1 is 1.33 bits per heavy atom. The van der Waals surface area contributed by atoms with Gasteiger partial charge < -0.3 is 5.32 Å². The highest BCUT2D eigenvalue weighted by atomic mass is 79.9. The molecular formula is C13H12BrCl2NS. The third-order valence-corrected chi connectivity index (χ3v) is 5.00. The highest BCUT2D eigenvalue weighted by Crippen LogP contribution is 2.30. The van der Waals surface area contributed by atoms with Crippen molar-refractivity contribution in [2.75, 3.05) is 7.05 Å². The number of halogens is 3. The number of thiophene rings is 1. The van der Waals surface area contributed by atoms with Crippen molar-refractivity contribution in [3.8, 4) is 0 Å². The first kappa shape index (κ1) is 14.4. The van der Waals surface area contributed by atoms with Crippen LogP contribution in [0.15, 0.2) is 34.1 Å². The van der Waals surface area contributed by atoms with Crippen LogP contribution in [0.2, 0.25) is 10.0 Å². The maximum Gasteiger partial charge on any atom is 0.0468 e. The zero-order valence-electron chi connectivity index (χ0n) is 9.71. The smallest absolute Gasteiger partial charge is 0.0468 e. The van der Waals surface area contributed by atoms with Gasteiger partial charge in [0.05, 0.1) is 0 Å². The third-order valence-electron chi connectivity index (χ3n) is 2.71. The Balaban J connectivity index is 2.22. The van der Waals surface area contributed by atoms with Crippen LogP contribution in [0.25, 0.3) is 0 Å². The van der Waals surface area contributed by atoms with Crippen molar-refractivity contribution in [2.24, 2.45) is 0 Å². The summed E-state index contributed by atoms with van der Waals surface area (Å²) in [5, 5.41) is 6.76. The van der Waals surface area contributed by atoms with E-state index in [1.54, 1.807) is 17.4 Å². The quantitative estimate of drug-likeness (QED) is 0.773. The fourth-order valence-corrected chi connectivity index (χ4v) is 3.85. The van der Waals surface area contributed by atoms with Crippen molar-refractivity contribution in [3.63, 3.8) is 0 Å². The van der Waals surface area contributed by atoms with E-state index in [1.165, 1.54) is 4.88 Å². The molecule has 2 aromatic rings. The Bertz CT molecular complexity index is 542. The topological polar surface area (TPSA) is 12.0 Å². The van der Waals surface area contributed by atoms with Gasteiger partial charge in [0.2, 0.25) is 0 Å². The van der Waals surface area contributed by atoms with E-state index in [0.717, 1.165) is 16.5 Å². The Morgan fingerprint density at radius 2 is 2.11 bits per heavy atom. The molecule has 0 bridgehead atoms. The largest absolute Gasteiger partial charge is 0.313 e.